The lowest BCUT2D eigenvalue weighted by Crippen LogP contribution is -2.32. The Bertz CT molecular complexity index is 1290. The minimum Gasteiger partial charge on any atom is -0.262 e. The number of halogens is 1. The van der Waals surface area contributed by atoms with Crippen LogP contribution < -0.4 is 10.6 Å². The number of aromatic nitrogens is 2. The van der Waals surface area contributed by atoms with Gasteiger partial charge in [-0.15, -0.1) is 0 Å². The van der Waals surface area contributed by atoms with E-state index in [1.807, 2.05) is 28.9 Å². The fourth-order valence-corrected chi connectivity index (χ4v) is 8.98. The van der Waals surface area contributed by atoms with Crippen molar-refractivity contribution in [1.82, 2.24) is 14.5 Å². The maximum Gasteiger partial charge on any atom is 0.123 e. The minimum absolute atomic E-state index is 0.247. The van der Waals surface area contributed by atoms with Gasteiger partial charge in [-0.2, -0.15) is 5.10 Å². The van der Waals surface area contributed by atoms with Crippen molar-refractivity contribution >= 4 is 23.5 Å². The van der Waals surface area contributed by atoms with E-state index in [0.29, 0.717) is 0 Å². The number of benzene rings is 3. The molecule has 0 amide bonds. The summed E-state index contributed by atoms with van der Waals surface area (Å²) in [6.45, 7) is 6.22. The summed E-state index contributed by atoms with van der Waals surface area (Å²) in [6, 6.07) is 27.4. The first-order valence-electron chi connectivity index (χ1n) is 11.4. The van der Waals surface area contributed by atoms with Crippen molar-refractivity contribution in [2.45, 2.75) is 26.7 Å². The first-order chi connectivity index (χ1) is 16.1. The summed E-state index contributed by atoms with van der Waals surface area (Å²) in [5.74, 6) is -0.247. The fourth-order valence-electron chi connectivity index (χ4n) is 4.81. The van der Waals surface area contributed by atoms with Crippen molar-refractivity contribution in [3.8, 4) is 5.69 Å². The first kappa shape index (κ1) is 21.8. The van der Waals surface area contributed by atoms with Gasteiger partial charge in [0, 0.05) is 18.4 Å². The van der Waals surface area contributed by atoms with Gasteiger partial charge in [0.2, 0.25) is 0 Å². The second-order valence-electron chi connectivity index (χ2n) is 8.44. The van der Waals surface area contributed by atoms with Gasteiger partial charge < -0.3 is 0 Å². The molecule has 0 aliphatic carbocycles. The molecule has 0 saturated carbocycles. The quantitative estimate of drug-likeness (QED) is 0.338. The molecule has 1 aliphatic heterocycles. The third-order valence-electron chi connectivity index (χ3n) is 6.26. The number of aryl methyl sites for hydroxylation is 1. The van der Waals surface area contributed by atoms with E-state index in [1.165, 1.54) is 22.7 Å². The molecule has 1 fully saturated rings. The molecule has 168 valence electrons. The largest absolute Gasteiger partial charge is 0.262 e. The first-order valence-corrected chi connectivity index (χ1v) is 13.1. The van der Waals surface area contributed by atoms with E-state index in [-0.39, 0.29) is 5.82 Å². The highest BCUT2D eigenvalue weighted by Gasteiger charge is 2.38. The lowest BCUT2D eigenvalue weighted by atomic mass is 10.3. The minimum atomic E-state index is -2.41. The van der Waals surface area contributed by atoms with E-state index in [0.717, 1.165) is 48.7 Å². The molecular weight excluding hydrogens is 430 g/mol. The maximum absolute atomic E-state index is 13.7. The molecule has 1 aromatic heterocycles. The predicted octanol–water partition coefficient (Wildman–Crippen LogP) is 6.12. The van der Waals surface area contributed by atoms with Crippen LogP contribution in [0.5, 0.6) is 0 Å². The molecule has 33 heavy (non-hydrogen) atoms. The van der Waals surface area contributed by atoms with Crippen LogP contribution in [0.25, 0.3) is 5.69 Å². The third kappa shape index (κ3) is 3.96. The van der Waals surface area contributed by atoms with Gasteiger partial charge in [0.25, 0.3) is 0 Å². The van der Waals surface area contributed by atoms with Crippen LogP contribution in [0.1, 0.15) is 24.2 Å². The second kappa shape index (κ2) is 9.09. The van der Waals surface area contributed by atoms with E-state index < -0.39 is 7.21 Å². The van der Waals surface area contributed by atoms with Crippen LogP contribution in [0.2, 0.25) is 0 Å². The topological polar surface area (TPSA) is 33.4 Å². The molecule has 5 rings (SSSR count). The van der Waals surface area contributed by atoms with Crippen molar-refractivity contribution in [1.29, 1.82) is 0 Å². The monoisotopic (exact) mass is 458 g/mol. The summed E-state index contributed by atoms with van der Waals surface area (Å²) >= 11 is 0. The van der Waals surface area contributed by atoms with Crippen molar-refractivity contribution in [3.05, 3.63) is 102 Å². The Kier molecular flexibility index (Phi) is 6.01. The Morgan fingerprint density at radius 3 is 2.06 bits per heavy atom. The van der Waals surface area contributed by atoms with Crippen molar-refractivity contribution < 1.29 is 4.39 Å². The van der Waals surface area contributed by atoms with E-state index in [2.05, 4.69) is 54.9 Å². The van der Waals surface area contributed by atoms with Gasteiger partial charge in [-0.1, -0.05) is 48.5 Å². The van der Waals surface area contributed by atoms with E-state index in [1.54, 1.807) is 12.1 Å². The van der Waals surface area contributed by atoms with Crippen molar-refractivity contribution in [3.63, 3.8) is 0 Å². The smallest absolute Gasteiger partial charge is 0.123 e. The van der Waals surface area contributed by atoms with E-state index in [9.17, 15) is 4.39 Å². The molecule has 0 N–H and O–H groups in total. The highest BCUT2D eigenvalue weighted by Crippen LogP contribution is 2.56. The Hall–Kier alpha value is -3.01. The molecule has 6 heteroatoms. The molecular formula is C27H28FN4P. The number of hydrogen-bond donors (Lipinski definition) is 0. The Morgan fingerprint density at radius 2 is 1.42 bits per heavy atom. The number of nitrogens with zero attached hydrogens (tertiary/aromatic N) is 4. The predicted molar refractivity (Wildman–Crippen MR) is 135 cm³/mol. The van der Waals surface area contributed by atoms with Gasteiger partial charge in [-0.25, -0.2) is 13.8 Å². The molecule has 1 atom stereocenters. The zero-order valence-electron chi connectivity index (χ0n) is 19.0. The summed E-state index contributed by atoms with van der Waals surface area (Å²) in [5, 5.41) is 7.40. The average molecular weight is 459 g/mol. The second-order valence-corrected chi connectivity index (χ2v) is 11.4. The number of hydrogen-bond acceptors (Lipinski definition) is 2. The highest BCUT2D eigenvalue weighted by atomic mass is 31.2. The molecule has 0 bridgehead atoms. The Morgan fingerprint density at radius 1 is 0.818 bits per heavy atom. The normalized spacial score (nSPS) is 16.0. The molecule has 4 nitrogen and oxygen atoms in total. The fraction of sp³-hybridized carbons (Fsp3) is 0.222. The summed E-state index contributed by atoms with van der Waals surface area (Å²) in [7, 11) is -2.41. The molecule has 4 aromatic rings. The van der Waals surface area contributed by atoms with Gasteiger partial charge in [-0.3, -0.25) is 4.67 Å². The van der Waals surface area contributed by atoms with Crippen LogP contribution in [0, 0.1) is 19.7 Å². The molecule has 0 unspecified atom stereocenters. The molecule has 0 radical (unpaired) electrons. The van der Waals surface area contributed by atoms with Gasteiger partial charge in [0.05, 0.1) is 35.3 Å². The molecule has 0 spiro atoms. The molecule has 3 aromatic carbocycles. The van der Waals surface area contributed by atoms with E-state index >= 15 is 0 Å². The van der Waals surface area contributed by atoms with Crippen LogP contribution in [-0.4, -0.2) is 27.5 Å². The van der Waals surface area contributed by atoms with Crippen molar-refractivity contribution in [2.24, 2.45) is 4.74 Å². The number of para-hydroxylation sites is 1. The highest BCUT2D eigenvalue weighted by molar-refractivity contribution is 7.79. The summed E-state index contributed by atoms with van der Waals surface area (Å²) in [5.41, 5.74) is 3.94. The molecule has 2 heterocycles. The Balaban J connectivity index is 1.85. The van der Waals surface area contributed by atoms with Crippen molar-refractivity contribution in [2.75, 3.05) is 13.1 Å². The third-order valence-corrected chi connectivity index (χ3v) is 10.3. The SMILES string of the molecule is Cc1nn(-c2ccccc2)c(C)c1[P@](=Nc1ccc(F)cc1)(c1ccccc1)N1CCCC1. The molecule has 1 aliphatic rings. The van der Waals surface area contributed by atoms with Crippen LogP contribution >= 0.6 is 7.21 Å². The van der Waals surface area contributed by atoms with Gasteiger partial charge in [0.1, 0.15) is 5.82 Å². The Labute approximate surface area is 194 Å². The average Bonchev–Trinajstić information content (AvgIpc) is 3.49. The lowest BCUT2D eigenvalue weighted by molar-refractivity contribution is 0.568. The van der Waals surface area contributed by atoms with Crippen LogP contribution in [-0.2, 0) is 0 Å². The van der Waals surface area contributed by atoms with Gasteiger partial charge in [-0.05, 0) is 63.1 Å². The zero-order valence-corrected chi connectivity index (χ0v) is 19.9. The summed E-state index contributed by atoms with van der Waals surface area (Å²) < 4.78 is 23.8. The van der Waals surface area contributed by atoms with Crippen LogP contribution in [0.3, 0.4) is 0 Å². The number of rotatable bonds is 5. The van der Waals surface area contributed by atoms with Gasteiger partial charge in [0.15, 0.2) is 0 Å². The van der Waals surface area contributed by atoms with Crippen LogP contribution in [0.15, 0.2) is 89.7 Å². The van der Waals surface area contributed by atoms with E-state index in [4.69, 9.17) is 9.84 Å². The maximum atomic E-state index is 13.7. The molecule has 1 saturated heterocycles. The zero-order chi connectivity index (χ0) is 22.8. The summed E-state index contributed by atoms with van der Waals surface area (Å²) in [6.07, 6.45) is 2.30. The standard InChI is InChI=1S/C27H28FN4P/c1-21-27(22(2)32(29-21)25-11-5-3-6-12-25)33(31-19-9-10-20-31,26-13-7-4-8-14-26)30-24-17-15-23(28)16-18-24/h3-8,11-18H,9-10,19-20H2,1-2H3/t33-/m0/s1. The van der Waals surface area contributed by atoms with Gasteiger partial charge >= 0.3 is 0 Å². The van der Waals surface area contributed by atoms with Crippen LogP contribution in [0.4, 0.5) is 10.1 Å². The lowest BCUT2D eigenvalue weighted by Gasteiger charge is -2.35. The summed E-state index contributed by atoms with van der Waals surface area (Å²) in [4.78, 5) is 0.